The summed E-state index contributed by atoms with van der Waals surface area (Å²) in [6.07, 6.45) is 1.85. The van der Waals surface area contributed by atoms with Crippen molar-refractivity contribution in [3.8, 4) is 22.8 Å². The normalized spacial score (nSPS) is 11.1. The van der Waals surface area contributed by atoms with Crippen molar-refractivity contribution in [1.82, 2.24) is 4.57 Å². The molecule has 0 radical (unpaired) electrons. The molecule has 0 fully saturated rings. The summed E-state index contributed by atoms with van der Waals surface area (Å²) in [4.78, 5) is 13.2. The van der Waals surface area contributed by atoms with Gasteiger partial charge in [-0.3, -0.25) is 0 Å². The number of aromatic hydroxyl groups is 1. The molecule has 1 N–H and O–H groups in total. The number of phenols is 1. The first-order valence-corrected chi connectivity index (χ1v) is 9.54. The summed E-state index contributed by atoms with van der Waals surface area (Å²) in [7, 11) is 0. The van der Waals surface area contributed by atoms with Crippen LogP contribution in [0.15, 0.2) is 76.1 Å². The molecule has 0 unspecified atom stereocenters. The van der Waals surface area contributed by atoms with Crippen LogP contribution in [-0.2, 0) is 6.54 Å². The molecular formula is C22H17BrN2O3. The van der Waals surface area contributed by atoms with Crippen LogP contribution >= 0.6 is 15.9 Å². The van der Waals surface area contributed by atoms with Crippen LogP contribution in [0.5, 0.6) is 11.5 Å². The van der Waals surface area contributed by atoms with Crippen molar-refractivity contribution in [1.29, 1.82) is 0 Å². The van der Waals surface area contributed by atoms with Crippen LogP contribution in [0.2, 0.25) is 0 Å². The zero-order valence-electron chi connectivity index (χ0n) is 15.1. The van der Waals surface area contributed by atoms with Gasteiger partial charge in [0, 0.05) is 11.6 Å². The number of hydrogen-bond acceptors (Lipinski definition) is 3. The molecule has 0 aliphatic rings. The summed E-state index contributed by atoms with van der Waals surface area (Å²) >= 11 is 3.31. The van der Waals surface area contributed by atoms with Crippen molar-refractivity contribution in [2.75, 3.05) is 0 Å². The molecule has 0 aliphatic carbocycles. The van der Waals surface area contributed by atoms with E-state index in [4.69, 9.17) is 0 Å². The second kappa shape index (κ2) is 7.13. The molecular weight excluding hydrogens is 420 g/mol. The highest BCUT2D eigenvalue weighted by Gasteiger charge is 2.22. The van der Waals surface area contributed by atoms with E-state index >= 15 is 0 Å². The number of halogens is 1. The van der Waals surface area contributed by atoms with Gasteiger partial charge in [-0.15, -0.1) is 0 Å². The number of fused-ring (bicyclic) bond motifs is 1. The summed E-state index contributed by atoms with van der Waals surface area (Å²) in [5, 5.41) is 22.1. The van der Waals surface area contributed by atoms with Gasteiger partial charge in [0.25, 0.3) is 5.65 Å². The molecule has 28 heavy (non-hydrogen) atoms. The molecule has 4 rings (SSSR count). The van der Waals surface area contributed by atoms with E-state index in [9.17, 15) is 15.0 Å². The summed E-state index contributed by atoms with van der Waals surface area (Å²) in [5.74, 6) is 0.0248. The number of nitrogens with zero attached hydrogens (tertiary/aromatic N) is 2. The van der Waals surface area contributed by atoms with Crippen LogP contribution in [0.4, 0.5) is 0 Å². The Morgan fingerprint density at radius 3 is 2.61 bits per heavy atom. The lowest BCUT2D eigenvalue weighted by Crippen LogP contribution is -2.38. The lowest BCUT2D eigenvalue weighted by molar-refractivity contribution is -0.504. The molecule has 0 atom stereocenters. The standard InChI is InChI=1S/C22H17BrN2O3/c1-14-21(16-6-2-3-7-18(16)26)24-11-5-4-8-20(24)25(22(14)28)13-15-9-10-19(27)17(23)12-15/h2-12H,13H2,1H3,(H-,26,27,28). The van der Waals surface area contributed by atoms with Crippen molar-refractivity contribution >= 4 is 21.6 Å². The van der Waals surface area contributed by atoms with Gasteiger partial charge in [0.2, 0.25) is 0 Å². The first kappa shape index (κ1) is 18.3. The number of phenolic OH excluding ortho intramolecular Hbond substituents is 1. The quantitative estimate of drug-likeness (QED) is 0.501. The van der Waals surface area contributed by atoms with Gasteiger partial charge in [0.15, 0.2) is 0 Å². The minimum absolute atomic E-state index is 0.122. The third kappa shape index (κ3) is 3.05. The van der Waals surface area contributed by atoms with Crippen molar-refractivity contribution in [3.63, 3.8) is 0 Å². The molecule has 0 spiro atoms. The highest BCUT2D eigenvalue weighted by atomic mass is 79.9. The summed E-state index contributed by atoms with van der Waals surface area (Å²) in [6, 6.07) is 17.5. The fraction of sp³-hybridized carbons (Fsp3) is 0.0909. The van der Waals surface area contributed by atoms with Crippen molar-refractivity contribution in [2.45, 2.75) is 13.5 Å². The highest BCUT2D eigenvalue weighted by Crippen LogP contribution is 2.27. The number of hydrogen-bond donors (Lipinski definition) is 1. The third-order valence-corrected chi connectivity index (χ3v) is 5.41. The smallest absolute Gasteiger partial charge is 0.341 e. The van der Waals surface area contributed by atoms with Gasteiger partial charge in [-0.05, 0) is 46.6 Å². The molecule has 5 nitrogen and oxygen atoms in total. The Morgan fingerprint density at radius 2 is 1.86 bits per heavy atom. The highest BCUT2D eigenvalue weighted by molar-refractivity contribution is 9.10. The maximum absolute atomic E-state index is 13.2. The molecule has 0 bridgehead atoms. The average molecular weight is 437 g/mol. The molecule has 0 aliphatic heterocycles. The van der Waals surface area contributed by atoms with Gasteiger partial charge >= 0.3 is 5.56 Å². The van der Waals surface area contributed by atoms with Crippen molar-refractivity contribution in [2.24, 2.45) is 0 Å². The largest absolute Gasteiger partial charge is 0.872 e. The molecule has 0 amide bonds. The van der Waals surface area contributed by atoms with E-state index in [1.807, 2.05) is 28.8 Å². The van der Waals surface area contributed by atoms with E-state index in [1.54, 1.807) is 47.9 Å². The number of rotatable bonds is 3. The molecule has 2 aromatic heterocycles. The molecule has 2 heterocycles. The first-order chi connectivity index (χ1) is 13.5. The lowest BCUT2D eigenvalue weighted by Gasteiger charge is -2.15. The molecule has 0 saturated heterocycles. The Morgan fingerprint density at radius 1 is 1.11 bits per heavy atom. The number of para-hydroxylation sites is 1. The minimum atomic E-state index is -0.159. The number of aromatic nitrogens is 2. The van der Waals surface area contributed by atoms with Gasteiger partial charge in [-0.1, -0.05) is 42.1 Å². The van der Waals surface area contributed by atoms with E-state index < -0.39 is 0 Å². The zero-order chi connectivity index (χ0) is 19.8. The van der Waals surface area contributed by atoms with Crippen LogP contribution < -0.4 is 15.1 Å². The van der Waals surface area contributed by atoms with Crippen LogP contribution in [0.25, 0.3) is 16.9 Å². The Balaban J connectivity index is 1.99. The maximum Gasteiger partial charge on any atom is 0.341 e. The minimum Gasteiger partial charge on any atom is -0.872 e. The van der Waals surface area contributed by atoms with Gasteiger partial charge in [0.05, 0.1) is 16.2 Å². The summed E-state index contributed by atoms with van der Waals surface area (Å²) in [6.45, 7) is 2.08. The maximum atomic E-state index is 13.2. The van der Waals surface area contributed by atoms with Crippen LogP contribution in [0.1, 0.15) is 11.1 Å². The fourth-order valence-electron chi connectivity index (χ4n) is 3.41. The number of pyridine rings is 1. The van der Waals surface area contributed by atoms with Gasteiger partial charge in [-0.2, -0.15) is 8.97 Å². The topological polar surface area (TPSA) is 69.4 Å². The van der Waals surface area contributed by atoms with Crippen LogP contribution in [0, 0.1) is 6.92 Å². The fourth-order valence-corrected chi connectivity index (χ4v) is 3.84. The Labute approximate surface area is 169 Å². The average Bonchev–Trinajstić information content (AvgIpc) is 2.69. The van der Waals surface area contributed by atoms with Gasteiger partial charge in [0.1, 0.15) is 18.0 Å². The Kier molecular flexibility index (Phi) is 4.65. The summed E-state index contributed by atoms with van der Waals surface area (Å²) < 4.78 is 4.12. The SMILES string of the molecule is Cc1c(-c2ccccc2[O-])[n+]2ccccc2n(Cc2ccc(O)c(Br)c2)c1=O. The molecule has 0 saturated carbocycles. The monoisotopic (exact) mass is 436 g/mol. The predicted octanol–water partition coefficient (Wildman–Crippen LogP) is 3.15. The van der Waals surface area contributed by atoms with Gasteiger partial charge in [-0.25, -0.2) is 4.79 Å². The summed E-state index contributed by atoms with van der Waals surface area (Å²) in [5.41, 5.74) is 3.00. The lowest BCUT2D eigenvalue weighted by atomic mass is 10.1. The molecule has 140 valence electrons. The third-order valence-electron chi connectivity index (χ3n) is 4.77. The second-order valence-corrected chi connectivity index (χ2v) is 7.43. The van der Waals surface area contributed by atoms with Crippen LogP contribution in [-0.4, -0.2) is 9.67 Å². The Bertz CT molecular complexity index is 1260. The molecule has 2 aromatic carbocycles. The second-order valence-electron chi connectivity index (χ2n) is 6.58. The van der Waals surface area contributed by atoms with Crippen molar-refractivity contribution < 1.29 is 14.6 Å². The van der Waals surface area contributed by atoms with Crippen LogP contribution in [0.3, 0.4) is 0 Å². The van der Waals surface area contributed by atoms with E-state index in [1.165, 1.54) is 6.07 Å². The van der Waals surface area contributed by atoms with E-state index in [0.717, 1.165) is 5.56 Å². The predicted molar refractivity (Wildman–Crippen MR) is 108 cm³/mol. The molecule has 6 heteroatoms. The van der Waals surface area contributed by atoms with E-state index in [0.29, 0.717) is 33.5 Å². The van der Waals surface area contributed by atoms with E-state index in [2.05, 4.69) is 15.9 Å². The van der Waals surface area contributed by atoms with E-state index in [-0.39, 0.29) is 17.1 Å². The number of benzene rings is 2. The van der Waals surface area contributed by atoms with Gasteiger partial charge < -0.3 is 10.2 Å². The van der Waals surface area contributed by atoms with Crippen molar-refractivity contribution in [3.05, 3.63) is 92.8 Å². The zero-order valence-corrected chi connectivity index (χ0v) is 16.7. The first-order valence-electron chi connectivity index (χ1n) is 8.75. The Hall–Kier alpha value is -3.12. The molecule has 4 aromatic rings.